The Labute approximate surface area is 138 Å². The van der Waals surface area contributed by atoms with Crippen molar-refractivity contribution in [2.75, 3.05) is 5.32 Å². The third-order valence-corrected chi connectivity index (χ3v) is 3.49. The number of primary amides is 1. The molecule has 7 heteroatoms. The molecule has 0 saturated heterocycles. The van der Waals surface area contributed by atoms with Gasteiger partial charge < -0.3 is 11.1 Å². The van der Waals surface area contributed by atoms with Crippen molar-refractivity contribution >= 4 is 17.6 Å². The highest BCUT2D eigenvalue weighted by molar-refractivity contribution is 6.07. The minimum Gasteiger partial charge on any atom is -0.365 e. The van der Waals surface area contributed by atoms with Crippen molar-refractivity contribution in [2.24, 2.45) is 12.8 Å². The monoisotopic (exact) mass is 321 g/mol. The van der Waals surface area contributed by atoms with Crippen molar-refractivity contribution in [3.05, 3.63) is 66.0 Å². The average molecular weight is 321 g/mol. The highest BCUT2D eigenvalue weighted by Gasteiger charge is 2.17. The first-order chi connectivity index (χ1) is 11.6. The summed E-state index contributed by atoms with van der Waals surface area (Å²) in [7, 11) is 1.61. The third-order valence-electron chi connectivity index (χ3n) is 3.49. The van der Waals surface area contributed by atoms with Gasteiger partial charge in [-0.25, -0.2) is 4.98 Å². The molecule has 2 heterocycles. The van der Waals surface area contributed by atoms with E-state index in [1.165, 1.54) is 10.9 Å². The van der Waals surface area contributed by atoms with Crippen LogP contribution in [0.3, 0.4) is 0 Å². The Morgan fingerprint density at radius 2 is 1.83 bits per heavy atom. The predicted molar refractivity (Wildman–Crippen MR) is 89.4 cm³/mol. The second-order valence-corrected chi connectivity index (χ2v) is 5.12. The lowest BCUT2D eigenvalue weighted by Gasteiger charge is -2.08. The number of hydrogen-bond acceptors (Lipinski definition) is 4. The Hall–Kier alpha value is -3.48. The molecule has 0 spiro atoms. The molecule has 3 N–H and O–H groups in total. The van der Waals surface area contributed by atoms with E-state index in [1.807, 2.05) is 36.4 Å². The number of hydrogen-bond donors (Lipinski definition) is 2. The lowest BCUT2D eigenvalue weighted by Crippen LogP contribution is -2.20. The Kier molecular flexibility index (Phi) is 4.07. The average Bonchev–Trinajstić information content (AvgIpc) is 2.97. The van der Waals surface area contributed by atoms with Crippen LogP contribution >= 0.6 is 0 Å². The van der Waals surface area contributed by atoms with Crippen LogP contribution in [0.15, 0.2) is 54.7 Å². The van der Waals surface area contributed by atoms with Crippen LogP contribution in [-0.4, -0.2) is 26.6 Å². The van der Waals surface area contributed by atoms with E-state index in [4.69, 9.17) is 5.73 Å². The van der Waals surface area contributed by atoms with Gasteiger partial charge in [0.15, 0.2) is 0 Å². The summed E-state index contributed by atoms with van der Waals surface area (Å²) in [5, 5.41) is 6.56. The molecule has 0 aliphatic rings. The number of benzene rings is 1. The topological polar surface area (TPSA) is 103 Å². The third kappa shape index (κ3) is 3.00. The van der Waals surface area contributed by atoms with Gasteiger partial charge in [-0.3, -0.25) is 14.3 Å². The van der Waals surface area contributed by atoms with Gasteiger partial charge in [0.1, 0.15) is 17.1 Å². The molecule has 3 aromatic rings. The summed E-state index contributed by atoms with van der Waals surface area (Å²) in [5.41, 5.74) is 7.25. The number of nitrogens with one attached hydrogen (secondary N) is 1. The van der Waals surface area contributed by atoms with Crippen LogP contribution in [0.1, 0.15) is 20.8 Å². The highest BCUT2D eigenvalue weighted by Crippen LogP contribution is 2.18. The van der Waals surface area contributed by atoms with Crippen molar-refractivity contribution in [2.45, 2.75) is 0 Å². The van der Waals surface area contributed by atoms with Crippen LogP contribution in [0, 0.1) is 0 Å². The molecule has 0 saturated carbocycles. The van der Waals surface area contributed by atoms with Crippen molar-refractivity contribution in [1.29, 1.82) is 0 Å². The number of rotatable bonds is 4. The van der Waals surface area contributed by atoms with E-state index >= 15 is 0 Å². The van der Waals surface area contributed by atoms with Crippen molar-refractivity contribution in [3.8, 4) is 11.3 Å². The zero-order chi connectivity index (χ0) is 17.1. The van der Waals surface area contributed by atoms with Crippen molar-refractivity contribution < 1.29 is 9.59 Å². The molecule has 0 fully saturated rings. The number of aromatic nitrogens is 3. The standard InChI is InChI=1S/C17H15N5O2/c1-22-16(12(10-19-22)15(18)23)21-17(24)14-9-5-8-13(20-14)11-6-3-2-4-7-11/h2-10H,1H3,(H2,18,23)(H,21,24). The maximum atomic E-state index is 12.5. The Morgan fingerprint density at radius 1 is 1.08 bits per heavy atom. The zero-order valence-electron chi connectivity index (χ0n) is 12.9. The predicted octanol–water partition coefficient (Wildman–Crippen LogP) is 1.83. The van der Waals surface area contributed by atoms with Crippen LogP contribution in [0.25, 0.3) is 11.3 Å². The minimum atomic E-state index is -0.663. The molecule has 24 heavy (non-hydrogen) atoms. The van der Waals surface area contributed by atoms with Gasteiger partial charge in [-0.15, -0.1) is 0 Å². The fourth-order valence-electron chi connectivity index (χ4n) is 2.27. The first-order valence-electron chi connectivity index (χ1n) is 7.22. The van der Waals surface area contributed by atoms with Gasteiger partial charge in [0, 0.05) is 12.6 Å². The molecule has 0 unspecified atom stereocenters. The second kappa shape index (κ2) is 6.33. The molecule has 2 amide bonds. The molecule has 0 aliphatic carbocycles. The van der Waals surface area contributed by atoms with E-state index in [2.05, 4.69) is 15.4 Å². The molecular weight excluding hydrogens is 306 g/mol. The summed E-state index contributed by atoms with van der Waals surface area (Å²) < 4.78 is 1.37. The van der Waals surface area contributed by atoms with Gasteiger partial charge in [-0.1, -0.05) is 36.4 Å². The smallest absolute Gasteiger partial charge is 0.275 e. The van der Waals surface area contributed by atoms with Crippen LogP contribution in [0.2, 0.25) is 0 Å². The zero-order valence-corrected chi connectivity index (χ0v) is 12.9. The van der Waals surface area contributed by atoms with Gasteiger partial charge in [-0.2, -0.15) is 5.10 Å². The number of aryl methyl sites for hydroxylation is 1. The first-order valence-corrected chi connectivity index (χ1v) is 7.22. The van der Waals surface area contributed by atoms with Crippen LogP contribution < -0.4 is 11.1 Å². The number of carbonyl (C=O) groups excluding carboxylic acids is 2. The number of carbonyl (C=O) groups is 2. The van der Waals surface area contributed by atoms with Crippen LogP contribution in [0.5, 0.6) is 0 Å². The normalized spacial score (nSPS) is 10.4. The summed E-state index contributed by atoms with van der Waals surface area (Å²) in [6.07, 6.45) is 1.31. The molecule has 2 aromatic heterocycles. The van der Waals surface area contributed by atoms with E-state index < -0.39 is 11.8 Å². The molecule has 1 aromatic carbocycles. The molecule has 3 rings (SSSR count). The van der Waals surface area contributed by atoms with Gasteiger partial charge in [0.05, 0.1) is 11.9 Å². The summed E-state index contributed by atoms with van der Waals surface area (Å²) >= 11 is 0. The number of nitrogens with two attached hydrogens (primary N) is 1. The Balaban J connectivity index is 1.89. The summed E-state index contributed by atoms with van der Waals surface area (Å²) in [5.74, 6) is -0.873. The molecule has 0 atom stereocenters. The first kappa shape index (κ1) is 15.4. The summed E-state index contributed by atoms with van der Waals surface area (Å²) in [6, 6.07) is 14.7. The largest absolute Gasteiger partial charge is 0.365 e. The summed E-state index contributed by atoms with van der Waals surface area (Å²) in [6.45, 7) is 0. The van der Waals surface area contributed by atoms with Crippen molar-refractivity contribution in [3.63, 3.8) is 0 Å². The molecule has 0 bridgehead atoms. The van der Waals surface area contributed by atoms with Gasteiger partial charge in [0.25, 0.3) is 11.8 Å². The maximum absolute atomic E-state index is 12.5. The van der Waals surface area contributed by atoms with Gasteiger partial charge in [0.2, 0.25) is 0 Å². The molecular formula is C17H15N5O2. The Bertz CT molecular complexity index is 902. The SMILES string of the molecule is Cn1ncc(C(N)=O)c1NC(=O)c1cccc(-c2ccccc2)n1. The van der Waals surface area contributed by atoms with E-state index in [1.54, 1.807) is 19.2 Å². The van der Waals surface area contributed by atoms with Crippen LogP contribution in [0.4, 0.5) is 5.82 Å². The fraction of sp³-hybridized carbons (Fsp3) is 0.0588. The van der Waals surface area contributed by atoms with E-state index in [0.717, 1.165) is 5.56 Å². The lowest BCUT2D eigenvalue weighted by atomic mass is 10.1. The van der Waals surface area contributed by atoms with Gasteiger partial charge in [-0.05, 0) is 12.1 Å². The summed E-state index contributed by atoms with van der Waals surface area (Å²) in [4.78, 5) is 28.2. The van der Waals surface area contributed by atoms with Gasteiger partial charge >= 0.3 is 0 Å². The van der Waals surface area contributed by atoms with E-state index in [0.29, 0.717) is 5.69 Å². The fourth-order valence-corrected chi connectivity index (χ4v) is 2.27. The Morgan fingerprint density at radius 3 is 2.54 bits per heavy atom. The number of pyridine rings is 1. The molecule has 7 nitrogen and oxygen atoms in total. The molecule has 0 radical (unpaired) electrons. The quantitative estimate of drug-likeness (QED) is 0.765. The van der Waals surface area contributed by atoms with E-state index in [9.17, 15) is 9.59 Å². The molecule has 0 aliphatic heterocycles. The van der Waals surface area contributed by atoms with Crippen molar-refractivity contribution in [1.82, 2.24) is 14.8 Å². The van der Waals surface area contributed by atoms with Crippen LogP contribution in [-0.2, 0) is 7.05 Å². The van der Waals surface area contributed by atoms with E-state index in [-0.39, 0.29) is 17.1 Å². The second-order valence-electron chi connectivity index (χ2n) is 5.12. The minimum absolute atomic E-state index is 0.144. The lowest BCUT2D eigenvalue weighted by molar-refractivity contribution is 0.100. The number of anilines is 1. The maximum Gasteiger partial charge on any atom is 0.275 e. The number of nitrogens with zero attached hydrogens (tertiary/aromatic N) is 3. The molecule has 120 valence electrons. The number of amides is 2. The highest BCUT2D eigenvalue weighted by atomic mass is 16.2.